The minimum absolute atomic E-state index is 0.131. The first-order valence-electron chi connectivity index (χ1n) is 30.5. The number of allylic oxidation sites excluding steroid dienone is 1. The van der Waals surface area contributed by atoms with Crippen LogP contribution in [0.25, 0.3) is 0 Å². The normalized spacial score (nSPS) is 19.6. The average molecular weight is 1010 g/mol. The van der Waals surface area contributed by atoms with Gasteiger partial charge in [0.15, 0.2) is 12.4 Å². The summed E-state index contributed by atoms with van der Waals surface area (Å²) in [6.45, 7) is 5.81. The zero-order valence-corrected chi connectivity index (χ0v) is 46.4. The Bertz CT molecular complexity index is 1210. The number of unbranched alkanes of at least 4 members (excludes halogenated alkanes) is 38. The molecule has 420 valence electrons. The highest BCUT2D eigenvalue weighted by Gasteiger charge is 2.47. The third-order valence-corrected chi connectivity index (χ3v) is 14.7. The van der Waals surface area contributed by atoms with Gasteiger partial charge < -0.3 is 45.1 Å². The maximum Gasteiger partial charge on any atom is 0.306 e. The van der Waals surface area contributed by atoms with Gasteiger partial charge >= 0.3 is 5.97 Å². The standard InChI is InChI=1S/C60H115NO10/c1-4-7-10-13-16-19-22-25-27-28-29-32-35-38-41-44-47-53(64)59(68)61-51(52(63)46-43-40-37-34-31-24-21-18-15-12-9-6-3)50-69-60-58(57(67)56(66)54(49-62)70-60)71-55(65)48-45-42-39-36-33-30-26-23-20-17-14-11-8-5-2/h43,46,51-54,56-58,60,62-64,66-67H,4-42,44-45,47-50H2,1-3H3,(H,61,68)/b46-43+. The van der Waals surface area contributed by atoms with Crippen LogP contribution in [0, 0.1) is 0 Å². The Balaban J connectivity index is 2.69. The van der Waals surface area contributed by atoms with E-state index in [9.17, 15) is 35.1 Å². The lowest BCUT2D eigenvalue weighted by Gasteiger charge is -2.41. The Morgan fingerprint density at radius 1 is 0.535 bits per heavy atom. The van der Waals surface area contributed by atoms with E-state index in [1.165, 1.54) is 193 Å². The fourth-order valence-electron chi connectivity index (χ4n) is 9.83. The number of hydrogen-bond acceptors (Lipinski definition) is 10. The van der Waals surface area contributed by atoms with E-state index in [4.69, 9.17) is 14.2 Å². The molecule has 8 unspecified atom stereocenters. The lowest BCUT2D eigenvalue weighted by molar-refractivity contribution is -0.305. The largest absolute Gasteiger partial charge is 0.454 e. The molecule has 1 aliphatic rings. The van der Waals surface area contributed by atoms with Crippen molar-refractivity contribution in [1.29, 1.82) is 0 Å². The summed E-state index contributed by atoms with van der Waals surface area (Å²) < 4.78 is 17.6. The SMILES string of the molecule is CCCCCCCCCCCC/C=C/C(O)C(COC1OC(CO)C(O)C(O)C1OC(=O)CCCCCCCCCCCCCCCC)NC(=O)C(O)CCCCCCCCCCCCCCCCCC. The fraction of sp³-hybridized carbons (Fsp3) is 0.933. The number of aliphatic hydroxyl groups excluding tert-OH is 5. The molecule has 0 saturated carbocycles. The van der Waals surface area contributed by atoms with Gasteiger partial charge in [-0.3, -0.25) is 9.59 Å². The topological polar surface area (TPSA) is 175 Å². The van der Waals surface area contributed by atoms with E-state index in [0.717, 1.165) is 57.8 Å². The molecule has 0 aromatic heterocycles. The van der Waals surface area contributed by atoms with Gasteiger partial charge in [-0.25, -0.2) is 0 Å². The summed E-state index contributed by atoms with van der Waals surface area (Å²) in [4.78, 5) is 26.5. The minimum atomic E-state index is -1.60. The van der Waals surface area contributed by atoms with E-state index in [2.05, 4.69) is 26.1 Å². The number of nitrogens with one attached hydrogen (secondary N) is 1. The average Bonchev–Trinajstić information content (AvgIpc) is 3.37. The predicted octanol–water partition coefficient (Wildman–Crippen LogP) is 14.0. The molecule has 1 heterocycles. The summed E-state index contributed by atoms with van der Waals surface area (Å²) in [7, 11) is 0. The fourth-order valence-corrected chi connectivity index (χ4v) is 9.83. The molecule has 0 aromatic carbocycles. The summed E-state index contributed by atoms with van der Waals surface area (Å²) in [6, 6.07) is -1.01. The van der Waals surface area contributed by atoms with Gasteiger partial charge in [0.2, 0.25) is 5.91 Å². The first kappa shape index (κ1) is 67.4. The van der Waals surface area contributed by atoms with Crippen LogP contribution in [-0.2, 0) is 23.8 Å². The van der Waals surface area contributed by atoms with Gasteiger partial charge in [0, 0.05) is 6.42 Å². The van der Waals surface area contributed by atoms with Gasteiger partial charge in [-0.15, -0.1) is 0 Å². The van der Waals surface area contributed by atoms with Crippen molar-refractivity contribution in [2.24, 2.45) is 0 Å². The molecule has 11 nitrogen and oxygen atoms in total. The third kappa shape index (κ3) is 37.7. The van der Waals surface area contributed by atoms with Gasteiger partial charge in [0.25, 0.3) is 0 Å². The molecule has 0 radical (unpaired) electrons. The number of ether oxygens (including phenoxy) is 3. The lowest BCUT2D eigenvalue weighted by Crippen LogP contribution is -2.61. The first-order valence-corrected chi connectivity index (χ1v) is 30.5. The number of amides is 1. The maximum absolute atomic E-state index is 13.4. The minimum Gasteiger partial charge on any atom is -0.454 e. The summed E-state index contributed by atoms with van der Waals surface area (Å²) in [5.41, 5.74) is 0. The molecule has 71 heavy (non-hydrogen) atoms. The highest BCUT2D eigenvalue weighted by atomic mass is 16.7. The van der Waals surface area contributed by atoms with Crippen LogP contribution >= 0.6 is 0 Å². The van der Waals surface area contributed by atoms with Crippen molar-refractivity contribution in [3.8, 4) is 0 Å². The zero-order chi connectivity index (χ0) is 51.8. The van der Waals surface area contributed by atoms with Gasteiger partial charge in [-0.2, -0.15) is 0 Å². The third-order valence-electron chi connectivity index (χ3n) is 14.7. The van der Waals surface area contributed by atoms with Crippen molar-refractivity contribution in [3.05, 3.63) is 12.2 Å². The van der Waals surface area contributed by atoms with Crippen LogP contribution in [-0.4, -0.2) is 99.6 Å². The summed E-state index contributed by atoms with van der Waals surface area (Å²) in [6.07, 6.45) is 43.9. The van der Waals surface area contributed by atoms with Gasteiger partial charge in [-0.1, -0.05) is 277 Å². The molecule has 1 saturated heterocycles. The quantitative estimate of drug-likeness (QED) is 0.0195. The number of carbonyl (C=O) groups is 2. The van der Waals surface area contributed by atoms with Crippen molar-refractivity contribution in [2.75, 3.05) is 13.2 Å². The van der Waals surface area contributed by atoms with Crippen LogP contribution in [0.15, 0.2) is 12.2 Å². The second kappa shape index (κ2) is 49.3. The Kier molecular flexibility index (Phi) is 46.8. The number of carbonyl (C=O) groups excluding carboxylic acids is 2. The first-order chi connectivity index (χ1) is 34.7. The predicted molar refractivity (Wildman–Crippen MR) is 292 cm³/mol. The smallest absolute Gasteiger partial charge is 0.306 e. The van der Waals surface area contributed by atoms with Gasteiger partial charge in [0.05, 0.1) is 25.4 Å². The summed E-state index contributed by atoms with van der Waals surface area (Å²) in [5, 5.41) is 56.9. The molecule has 6 N–H and O–H groups in total. The van der Waals surface area contributed by atoms with Crippen LogP contribution in [0.4, 0.5) is 0 Å². The Labute approximate surface area is 436 Å². The molecule has 11 heteroatoms. The van der Waals surface area contributed by atoms with E-state index in [-0.39, 0.29) is 13.0 Å². The van der Waals surface area contributed by atoms with Crippen molar-refractivity contribution in [1.82, 2.24) is 5.32 Å². The molecule has 1 rings (SSSR count). The van der Waals surface area contributed by atoms with Crippen LogP contribution < -0.4 is 5.32 Å². The van der Waals surface area contributed by atoms with E-state index >= 15 is 0 Å². The summed E-state index contributed by atoms with van der Waals surface area (Å²) in [5.74, 6) is -1.18. The Morgan fingerprint density at radius 2 is 0.915 bits per heavy atom. The van der Waals surface area contributed by atoms with Crippen LogP contribution in [0.1, 0.15) is 297 Å². The molecule has 0 bridgehead atoms. The van der Waals surface area contributed by atoms with Gasteiger partial charge in [0.1, 0.15) is 24.4 Å². The van der Waals surface area contributed by atoms with Crippen molar-refractivity contribution >= 4 is 11.9 Å². The maximum atomic E-state index is 13.4. The lowest BCUT2D eigenvalue weighted by atomic mass is 9.99. The second-order valence-corrected chi connectivity index (χ2v) is 21.5. The molecule has 8 atom stereocenters. The van der Waals surface area contributed by atoms with Gasteiger partial charge in [-0.05, 0) is 25.7 Å². The molecule has 1 aliphatic heterocycles. The van der Waals surface area contributed by atoms with E-state index in [0.29, 0.717) is 19.3 Å². The number of esters is 1. The van der Waals surface area contributed by atoms with Crippen molar-refractivity contribution < 1.29 is 49.3 Å². The van der Waals surface area contributed by atoms with Crippen LogP contribution in [0.2, 0.25) is 0 Å². The van der Waals surface area contributed by atoms with Crippen LogP contribution in [0.3, 0.4) is 0 Å². The van der Waals surface area contributed by atoms with E-state index in [1.54, 1.807) is 6.08 Å². The second-order valence-electron chi connectivity index (χ2n) is 21.5. The van der Waals surface area contributed by atoms with E-state index in [1.807, 2.05) is 6.08 Å². The molecule has 1 amide bonds. The highest BCUT2D eigenvalue weighted by Crippen LogP contribution is 2.26. The molecular weight excluding hydrogens is 895 g/mol. The number of hydrogen-bond donors (Lipinski definition) is 6. The zero-order valence-electron chi connectivity index (χ0n) is 46.4. The van der Waals surface area contributed by atoms with Crippen molar-refractivity contribution in [3.63, 3.8) is 0 Å². The highest BCUT2D eigenvalue weighted by molar-refractivity contribution is 5.80. The van der Waals surface area contributed by atoms with Crippen LogP contribution in [0.5, 0.6) is 0 Å². The van der Waals surface area contributed by atoms with E-state index < -0.39 is 67.4 Å². The number of aliphatic hydroxyl groups is 5. The monoisotopic (exact) mass is 1010 g/mol. The molecular formula is C60H115NO10. The van der Waals surface area contributed by atoms with Crippen molar-refractivity contribution in [2.45, 2.75) is 346 Å². The molecule has 0 spiro atoms. The molecule has 1 fully saturated rings. The molecule has 0 aliphatic carbocycles. The Hall–Kier alpha value is -1.60. The molecule has 0 aromatic rings. The Morgan fingerprint density at radius 3 is 1.32 bits per heavy atom. The number of rotatable bonds is 52. The summed E-state index contributed by atoms with van der Waals surface area (Å²) >= 11 is 0.